The summed E-state index contributed by atoms with van der Waals surface area (Å²) in [5.41, 5.74) is 0.731. The Morgan fingerprint density at radius 2 is 1.59 bits per heavy atom. The molecule has 0 spiro atoms. The van der Waals surface area contributed by atoms with Crippen LogP contribution in [0, 0.1) is 0 Å². The summed E-state index contributed by atoms with van der Waals surface area (Å²) in [5, 5.41) is 11.7. The topological polar surface area (TPSA) is 111 Å². The molecule has 2 aromatic carbocycles. The van der Waals surface area contributed by atoms with E-state index in [9.17, 15) is 19.5 Å². The summed E-state index contributed by atoms with van der Waals surface area (Å²) in [6.07, 6.45) is 0.358. The lowest BCUT2D eigenvalue weighted by Gasteiger charge is -2.22. The molecule has 0 fully saturated rings. The molecule has 9 heteroatoms. The van der Waals surface area contributed by atoms with Crippen molar-refractivity contribution in [1.29, 1.82) is 0 Å². The molecular formula is C23H27NO7S. The molecule has 0 saturated carbocycles. The van der Waals surface area contributed by atoms with Crippen LogP contribution < -0.4 is 10.1 Å². The van der Waals surface area contributed by atoms with E-state index < -0.39 is 29.9 Å². The van der Waals surface area contributed by atoms with E-state index in [-0.39, 0.29) is 18.8 Å². The van der Waals surface area contributed by atoms with Crippen LogP contribution in [-0.2, 0) is 27.3 Å². The Morgan fingerprint density at radius 1 is 1.00 bits per heavy atom. The second-order valence-corrected chi connectivity index (χ2v) is 8.75. The molecule has 0 saturated heterocycles. The highest BCUT2D eigenvalue weighted by molar-refractivity contribution is 7.98. The molecule has 1 amide bonds. The maximum Gasteiger partial charge on any atom is 0.514 e. The van der Waals surface area contributed by atoms with Crippen molar-refractivity contribution < 1.29 is 33.7 Å². The van der Waals surface area contributed by atoms with Gasteiger partial charge in [0.2, 0.25) is 0 Å². The molecule has 0 aliphatic heterocycles. The van der Waals surface area contributed by atoms with Gasteiger partial charge >= 0.3 is 18.2 Å². The fraction of sp³-hybridized carbons (Fsp3) is 0.348. The fourth-order valence-corrected chi connectivity index (χ4v) is 2.98. The molecule has 2 aromatic rings. The summed E-state index contributed by atoms with van der Waals surface area (Å²) in [5.74, 6) is -0.936. The van der Waals surface area contributed by atoms with E-state index in [4.69, 9.17) is 14.2 Å². The number of carboxylic acids is 1. The summed E-state index contributed by atoms with van der Waals surface area (Å²) in [6, 6.07) is 12.7. The molecule has 0 aliphatic rings. The Hall–Kier alpha value is -3.20. The van der Waals surface area contributed by atoms with Gasteiger partial charge < -0.3 is 24.6 Å². The predicted octanol–water partition coefficient (Wildman–Crippen LogP) is 4.64. The molecule has 0 aliphatic carbocycles. The minimum Gasteiger partial charge on any atom is -0.480 e. The van der Waals surface area contributed by atoms with Gasteiger partial charge in [-0.15, -0.1) is 11.8 Å². The number of amides is 1. The third kappa shape index (κ3) is 8.89. The lowest BCUT2D eigenvalue weighted by molar-refractivity contribution is -0.139. The second-order valence-electron chi connectivity index (χ2n) is 7.87. The first-order valence-corrected chi connectivity index (χ1v) is 11.1. The molecule has 2 N–H and O–H groups in total. The smallest absolute Gasteiger partial charge is 0.480 e. The van der Waals surface area contributed by atoms with Gasteiger partial charge in [0.1, 0.15) is 24.0 Å². The van der Waals surface area contributed by atoms with E-state index in [1.807, 2.05) is 30.5 Å². The third-order valence-electron chi connectivity index (χ3n) is 4.07. The van der Waals surface area contributed by atoms with Crippen LogP contribution in [0.25, 0.3) is 0 Å². The number of carboxylic acid groups (broad SMARTS) is 1. The Bertz CT molecular complexity index is 921. The Labute approximate surface area is 191 Å². The van der Waals surface area contributed by atoms with E-state index >= 15 is 0 Å². The highest BCUT2D eigenvalue weighted by Crippen LogP contribution is 2.17. The van der Waals surface area contributed by atoms with Crippen molar-refractivity contribution >= 4 is 30.0 Å². The van der Waals surface area contributed by atoms with Crippen molar-refractivity contribution in [3.63, 3.8) is 0 Å². The van der Waals surface area contributed by atoms with Gasteiger partial charge in [-0.1, -0.05) is 24.3 Å². The first kappa shape index (κ1) is 25.1. The van der Waals surface area contributed by atoms with Crippen LogP contribution in [0.15, 0.2) is 53.4 Å². The molecule has 8 nitrogen and oxygen atoms in total. The molecule has 172 valence electrons. The second kappa shape index (κ2) is 11.4. The average Bonchev–Trinajstić information content (AvgIpc) is 2.72. The van der Waals surface area contributed by atoms with Crippen molar-refractivity contribution in [3.8, 4) is 5.75 Å². The molecular weight excluding hydrogens is 434 g/mol. The van der Waals surface area contributed by atoms with Crippen molar-refractivity contribution in [2.24, 2.45) is 0 Å². The maximum absolute atomic E-state index is 11.9. The zero-order chi connectivity index (χ0) is 23.7. The summed E-state index contributed by atoms with van der Waals surface area (Å²) >= 11 is 1.62. The Balaban J connectivity index is 1.87. The van der Waals surface area contributed by atoms with Gasteiger partial charge in [0.25, 0.3) is 0 Å². The molecule has 32 heavy (non-hydrogen) atoms. The normalized spacial score (nSPS) is 11.9. The molecule has 2 rings (SSSR count). The number of carbonyl (C=O) groups excluding carboxylic acids is 2. The molecule has 1 atom stereocenters. The van der Waals surface area contributed by atoms with Crippen LogP contribution in [0.4, 0.5) is 9.59 Å². The first-order chi connectivity index (χ1) is 15.1. The van der Waals surface area contributed by atoms with Gasteiger partial charge in [0.05, 0.1) is 0 Å². The van der Waals surface area contributed by atoms with Crippen molar-refractivity contribution in [2.45, 2.75) is 50.3 Å². The molecule has 0 unspecified atom stereocenters. The highest BCUT2D eigenvalue weighted by Gasteiger charge is 2.24. The van der Waals surface area contributed by atoms with Crippen molar-refractivity contribution in [1.82, 2.24) is 5.32 Å². The van der Waals surface area contributed by atoms with Gasteiger partial charge in [0, 0.05) is 11.3 Å². The van der Waals surface area contributed by atoms with E-state index in [1.165, 1.54) is 12.1 Å². The highest BCUT2D eigenvalue weighted by atomic mass is 32.2. The molecule has 0 radical (unpaired) electrons. The molecule has 0 heterocycles. The lowest BCUT2D eigenvalue weighted by Crippen LogP contribution is -2.44. The summed E-state index contributed by atoms with van der Waals surface area (Å²) in [6.45, 7) is 5.15. The first-order valence-electron chi connectivity index (χ1n) is 9.84. The van der Waals surface area contributed by atoms with Gasteiger partial charge in [-0.25, -0.2) is 14.4 Å². The van der Waals surface area contributed by atoms with E-state index in [1.54, 1.807) is 44.7 Å². The Morgan fingerprint density at radius 3 is 2.12 bits per heavy atom. The minimum atomic E-state index is -1.19. The number of benzene rings is 2. The van der Waals surface area contributed by atoms with Crippen molar-refractivity contribution in [3.05, 3.63) is 59.7 Å². The molecule has 0 bridgehead atoms. The number of nitrogens with one attached hydrogen (secondary N) is 1. The van der Waals surface area contributed by atoms with Crippen LogP contribution >= 0.6 is 11.8 Å². The standard InChI is InChI=1S/C23H27NO7S/c1-23(2,3)31-21(27)24-19(20(25)26)13-15-5-9-17(10-6-15)30-22(28)29-14-16-7-11-18(32-4)12-8-16/h5-12,19H,13-14H2,1-4H3,(H,24,27)(H,25,26)/t19-/m0/s1. The lowest BCUT2D eigenvalue weighted by atomic mass is 10.1. The van der Waals surface area contributed by atoms with Crippen LogP contribution in [0.2, 0.25) is 0 Å². The van der Waals surface area contributed by atoms with Gasteiger partial charge in [0.15, 0.2) is 0 Å². The number of alkyl carbamates (subject to hydrolysis) is 1. The number of ether oxygens (including phenoxy) is 3. The summed E-state index contributed by atoms with van der Waals surface area (Å²) in [4.78, 5) is 36.4. The van der Waals surface area contributed by atoms with E-state index in [0.717, 1.165) is 10.5 Å². The van der Waals surface area contributed by atoms with Gasteiger partial charge in [-0.2, -0.15) is 0 Å². The number of hydrogen-bond donors (Lipinski definition) is 2. The third-order valence-corrected chi connectivity index (χ3v) is 4.81. The molecule has 0 aromatic heterocycles. The van der Waals surface area contributed by atoms with Gasteiger partial charge in [-0.05, 0) is 62.4 Å². The fourth-order valence-electron chi connectivity index (χ4n) is 2.57. The van der Waals surface area contributed by atoms with Crippen LogP contribution in [0.3, 0.4) is 0 Å². The zero-order valence-corrected chi connectivity index (χ0v) is 19.2. The number of hydrogen-bond acceptors (Lipinski definition) is 7. The quantitative estimate of drug-likeness (QED) is 0.332. The van der Waals surface area contributed by atoms with Crippen LogP contribution in [-0.4, -0.2) is 41.2 Å². The van der Waals surface area contributed by atoms with Crippen LogP contribution in [0.5, 0.6) is 5.75 Å². The number of aliphatic carboxylic acids is 1. The van der Waals surface area contributed by atoms with E-state index in [0.29, 0.717) is 5.56 Å². The largest absolute Gasteiger partial charge is 0.514 e. The Kier molecular flexibility index (Phi) is 8.95. The zero-order valence-electron chi connectivity index (χ0n) is 18.4. The summed E-state index contributed by atoms with van der Waals surface area (Å²) in [7, 11) is 0. The van der Waals surface area contributed by atoms with Crippen molar-refractivity contribution in [2.75, 3.05) is 6.26 Å². The number of carbonyl (C=O) groups is 3. The van der Waals surface area contributed by atoms with Crippen LogP contribution in [0.1, 0.15) is 31.9 Å². The predicted molar refractivity (Wildman–Crippen MR) is 120 cm³/mol. The maximum atomic E-state index is 11.9. The monoisotopic (exact) mass is 461 g/mol. The SMILES string of the molecule is CSc1ccc(COC(=O)Oc2ccc(C[C@H](NC(=O)OC(C)(C)C)C(=O)O)cc2)cc1. The van der Waals surface area contributed by atoms with Gasteiger partial charge in [-0.3, -0.25) is 0 Å². The summed E-state index contributed by atoms with van der Waals surface area (Å²) < 4.78 is 15.3. The number of rotatable bonds is 8. The average molecular weight is 462 g/mol. The van der Waals surface area contributed by atoms with E-state index in [2.05, 4.69) is 5.32 Å². The minimum absolute atomic E-state index is 0.0331. The number of thioether (sulfide) groups is 1.